The number of carbonyl (C=O) groups excluding carboxylic acids is 1. The van der Waals surface area contributed by atoms with Gasteiger partial charge in [0.25, 0.3) is 5.91 Å². The average molecular weight is 276 g/mol. The van der Waals surface area contributed by atoms with Crippen LogP contribution in [0, 0.1) is 0 Å². The van der Waals surface area contributed by atoms with Crippen LogP contribution in [-0.2, 0) is 4.74 Å². The summed E-state index contributed by atoms with van der Waals surface area (Å²) in [5.41, 5.74) is 3.49. The molecule has 3 rings (SSSR count). The molecular formula is C14H16N2O2S. The topological polar surface area (TPSA) is 42.4 Å². The Morgan fingerprint density at radius 2 is 2.11 bits per heavy atom. The van der Waals surface area contributed by atoms with Gasteiger partial charge < -0.3 is 9.64 Å². The van der Waals surface area contributed by atoms with Crippen molar-refractivity contribution in [3.63, 3.8) is 0 Å². The molecule has 1 amide bonds. The van der Waals surface area contributed by atoms with Crippen LogP contribution in [0.25, 0.3) is 10.2 Å². The molecule has 1 aliphatic heterocycles. The SMILES string of the molecule is C[C@@H]1CN(C(=O)c2ccc3ncsc3c2)C[C@H](C)O1. The first-order valence-electron chi connectivity index (χ1n) is 6.41. The number of rotatable bonds is 1. The molecule has 1 saturated heterocycles. The molecule has 0 N–H and O–H groups in total. The molecule has 19 heavy (non-hydrogen) atoms. The van der Waals surface area contributed by atoms with Gasteiger partial charge in [0.05, 0.1) is 27.9 Å². The van der Waals surface area contributed by atoms with E-state index >= 15 is 0 Å². The maximum absolute atomic E-state index is 12.5. The zero-order valence-electron chi connectivity index (χ0n) is 11.0. The summed E-state index contributed by atoms with van der Waals surface area (Å²) in [6.07, 6.45) is 0.194. The molecule has 1 fully saturated rings. The molecule has 2 heterocycles. The van der Waals surface area contributed by atoms with E-state index in [0.29, 0.717) is 13.1 Å². The number of hydrogen-bond acceptors (Lipinski definition) is 4. The maximum atomic E-state index is 12.5. The highest BCUT2D eigenvalue weighted by Crippen LogP contribution is 2.21. The Balaban J connectivity index is 1.86. The van der Waals surface area contributed by atoms with E-state index in [0.717, 1.165) is 15.8 Å². The largest absolute Gasteiger partial charge is 0.372 e. The van der Waals surface area contributed by atoms with Gasteiger partial charge in [-0.15, -0.1) is 11.3 Å². The number of hydrogen-bond donors (Lipinski definition) is 0. The summed E-state index contributed by atoms with van der Waals surface area (Å²) >= 11 is 1.56. The molecule has 5 heteroatoms. The number of thiazole rings is 1. The van der Waals surface area contributed by atoms with Crippen LogP contribution in [0.2, 0.25) is 0 Å². The summed E-state index contributed by atoms with van der Waals surface area (Å²) in [7, 11) is 0. The Labute approximate surface area is 116 Å². The predicted octanol–water partition coefficient (Wildman–Crippen LogP) is 2.55. The number of carbonyl (C=O) groups is 1. The smallest absolute Gasteiger partial charge is 0.254 e. The quantitative estimate of drug-likeness (QED) is 0.804. The van der Waals surface area contributed by atoms with Gasteiger partial charge in [-0.2, -0.15) is 0 Å². The molecule has 0 aliphatic carbocycles. The van der Waals surface area contributed by atoms with Gasteiger partial charge in [-0.05, 0) is 32.0 Å². The van der Waals surface area contributed by atoms with Crippen LogP contribution in [0.1, 0.15) is 24.2 Å². The average Bonchev–Trinajstić information content (AvgIpc) is 2.83. The molecule has 2 atom stereocenters. The van der Waals surface area contributed by atoms with Crippen LogP contribution in [-0.4, -0.2) is 41.1 Å². The summed E-state index contributed by atoms with van der Waals surface area (Å²) in [5, 5.41) is 0. The van der Waals surface area contributed by atoms with Crippen molar-refractivity contribution >= 4 is 27.5 Å². The Bertz CT molecular complexity index is 600. The van der Waals surface area contributed by atoms with E-state index in [9.17, 15) is 4.79 Å². The lowest BCUT2D eigenvalue weighted by Gasteiger charge is -2.35. The molecule has 1 aromatic carbocycles. The number of amides is 1. The van der Waals surface area contributed by atoms with E-state index in [1.807, 2.05) is 36.9 Å². The van der Waals surface area contributed by atoms with Gasteiger partial charge in [0, 0.05) is 18.7 Å². The normalized spacial score (nSPS) is 23.8. The second kappa shape index (κ2) is 4.90. The zero-order chi connectivity index (χ0) is 13.4. The van der Waals surface area contributed by atoms with Gasteiger partial charge in [0.1, 0.15) is 0 Å². The number of morpholine rings is 1. The highest BCUT2D eigenvalue weighted by molar-refractivity contribution is 7.16. The molecule has 0 radical (unpaired) electrons. The Kier molecular flexibility index (Phi) is 3.24. The zero-order valence-corrected chi connectivity index (χ0v) is 11.8. The minimum absolute atomic E-state index is 0.0808. The molecule has 1 aromatic heterocycles. The lowest BCUT2D eigenvalue weighted by atomic mass is 10.1. The lowest BCUT2D eigenvalue weighted by molar-refractivity contribution is -0.0586. The molecule has 4 nitrogen and oxygen atoms in total. The van der Waals surface area contributed by atoms with Gasteiger partial charge in [-0.25, -0.2) is 4.98 Å². The van der Waals surface area contributed by atoms with Crippen LogP contribution < -0.4 is 0 Å². The first kappa shape index (κ1) is 12.6. The minimum atomic E-state index is 0.0808. The molecule has 2 aromatic rings. The van der Waals surface area contributed by atoms with Crippen molar-refractivity contribution in [2.75, 3.05) is 13.1 Å². The molecule has 0 bridgehead atoms. The van der Waals surface area contributed by atoms with Crippen LogP contribution in [0.5, 0.6) is 0 Å². The molecule has 0 unspecified atom stereocenters. The van der Waals surface area contributed by atoms with Crippen molar-refractivity contribution in [2.45, 2.75) is 26.1 Å². The van der Waals surface area contributed by atoms with Crippen molar-refractivity contribution < 1.29 is 9.53 Å². The monoisotopic (exact) mass is 276 g/mol. The van der Waals surface area contributed by atoms with E-state index in [1.54, 1.807) is 16.8 Å². The van der Waals surface area contributed by atoms with Gasteiger partial charge in [-0.3, -0.25) is 4.79 Å². The summed E-state index contributed by atoms with van der Waals surface area (Å²) in [6.45, 7) is 5.32. The van der Waals surface area contributed by atoms with Crippen molar-refractivity contribution in [2.24, 2.45) is 0 Å². The van der Waals surface area contributed by atoms with Crippen LogP contribution in [0.15, 0.2) is 23.7 Å². The van der Waals surface area contributed by atoms with Crippen molar-refractivity contribution in [3.05, 3.63) is 29.3 Å². The molecule has 1 aliphatic rings. The number of nitrogens with zero attached hydrogens (tertiary/aromatic N) is 2. The maximum Gasteiger partial charge on any atom is 0.254 e. The van der Waals surface area contributed by atoms with Gasteiger partial charge in [0.15, 0.2) is 0 Å². The Morgan fingerprint density at radius 1 is 1.37 bits per heavy atom. The van der Waals surface area contributed by atoms with Crippen LogP contribution in [0.3, 0.4) is 0 Å². The Hall–Kier alpha value is -1.46. The third kappa shape index (κ3) is 2.48. The van der Waals surface area contributed by atoms with E-state index in [4.69, 9.17) is 4.74 Å². The van der Waals surface area contributed by atoms with Crippen LogP contribution >= 0.6 is 11.3 Å². The molecular weight excluding hydrogens is 260 g/mol. The molecule has 0 spiro atoms. The first-order chi connectivity index (χ1) is 9.13. The van der Waals surface area contributed by atoms with E-state index in [-0.39, 0.29) is 18.1 Å². The van der Waals surface area contributed by atoms with E-state index in [1.165, 1.54) is 0 Å². The lowest BCUT2D eigenvalue weighted by Crippen LogP contribution is -2.48. The highest BCUT2D eigenvalue weighted by Gasteiger charge is 2.26. The van der Waals surface area contributed by atoms with Gasteiger partial charge in [0.2, 0.25) is 0 Å². The Morgan fingerprint density at radius 3 is 2.84 bits per heavy atom. The number of benzene rings is 1. The number of ether oxygens (including phenoxy) is 1. The predicted molar refractivity (Wildman–Crippen MR) is 75.5 cm³/mol. The fraction of sp³-hybridized carbons (Fsp3) is 0.429. The van der Waals surface area contributed by atoms with Crippen molar-refractivity contribution in [3.8, 4) is 0 Å². The minimum Gasteiger partial charge on any atom is -0.372 e. The van der Waals surface area contributed by atoms with Crippen molar-refractivity contribution in [1.29, 1.82) is 0 Å². The molecule has 0 saturated carbocycles. The van der Waals surface area contributed by atoms with E-state index in [2.05, 4.69) is 4.98 Å². The summed E-state index contributed by atoms with van der Waals surface area (Å²) in [4.78, 5) is 18.6. The third-order valence-electron chi connectivity index (χ3n) is 3.29. The summed E-state index contributed by atoms with van der Waals surface area (Å²) in [5.74, 6) is 0.0808. The van der Waals surface area contributed by atoms with Gasteiger partial charge >= 0.3 is 0 Å². The standard InChI is InChI=1S/C14H16N2O2S/c1-9-6-16(7-10(2)18-9)14(17)11-3-4-12-13(5-11)19-8-15-12/h3-5,8-10H,6-7H2,1-2H3/t9-,10+. The highest BCUT2D eigenvalue weighted by atomic mass is 32.1. The fourth-order valence-electron chi connectivity index (χ4n) is 2.51. The second-order valence-electron chi connectivity index (χ2n) is 5.00. The number of aromatic nitrogens is 1. The summed E-state index contributed by atoms with van der Waals surface area (Å²) < 4.78 is 6.71. The van der Waals surface area contributed by atoms with Crippen molar-refractivity contribution in [1.82, 2.24) is 9.88 Å². The second-order valence-corrected chi connectivity index (χ2v) is 5.89. The fourth-order valence-corrected chi connectivity index (χ4v) is 3.23. The van der Waals surface area contributed by atoms with E-state index < -0.39 is 0 Å². The number of fused-ring (bicyclic) bond motifs is 1. The molecule has 100 valence electrons. The summed E-state index contributed by atoms with van der Waals surface area (Å²) in [6, 6.07) is 5.70. The third-order valence-corrected chi connectivity index (χ3v) is 4.08. The van der Waals surface area contributed by atoms with Crippen LogP contribution in [0.4, 0.5) is 0 Å². The first-order valence-corrected chi connectivity index (χ1v) is 7.29. The van der Waals surface area contributed by atoms with Gasteiger partial charge in [-0.1, -0.05) is 0 Å².